The number of rotatable bonds is 8. The fourth-order valence-electron chi connectivity index (χ4n) is 2.90. The van der Waals surface area contributed by atoms with Crippen molar-refractivity contribution in [2.24, 2.45) is 11.1 Å². The highest BCUT2D eigenvalue weighted by Crippen LogP contribution is 2.39. The van der Waals surface area contributed by atoms with Crippen LogP contribution in [0.15, 0.2) is 30.3 Å². The van der Waals surface area contributed by atoms with Crippen molar-refractivity contribution in [2.75, 3.05) is 31.1 Å². The van der Waals surface area contributed by atoms with Crippen LogP contribution >= 0.6 is 0 Å². The zero-order valence-electron chi connectivity index (χ0n) is 13.0. The van der Waals surface area contributed by atoms with Crippen LogP contribution in [-0.4, -0.2) is 32.1 Å². The van der Waals surface area contributed by atoms with Crippen LogP contribution in [0.2, 0.25) is 0 Å². The van der Waals surface area contributed by atoms with E-state index in [1.807, 2.05) is 6.07 Å². The average Bonchev–Trinajstić information content (AvgIpc) is 2.48. The van der Waals surface area contributed by atoms with Crippen molar-refractivity contribution in [1.82, 2.24) is 5.32 Å². The molecule has 4 nitrogen and oxygen atoms in total. The lowest BCUT2D eigenvalue weighted by Gasteiger charge is -2.39. The first-order valence-electron chi connectivity index (χ1n) is 8.00. The quantitative estimate of drug-likeness (QED) is 0.721. The summed E-state index contributed by atoms with van der Waals surface area (Å²) >= 11 is 0. The maximum atomic E-state index is 12.2. The summed E-state index contributed by atoms with van der Waals surface area (Å²) in [6.45, 7) is 5.29. The van der Waals surface area contributed by atoms with Gasteiger partial charge in [-0.05, 0) is 38.3 Å². The summed E-state index contributed by atoms with van der Waals surface area (Å²) in [7, 11) is 0. The first-order valence-corrected chi connectivity index (χ1v) is 8.00. The van der Waals surface area contributed by atoms with Gasteiger partial charge < -0.3 is 16.0 Å². The summed E-state index contributed by atoms with van der Waals surface area (Å²) in [6.07, 6.45) is 3.97. The molecular formula is C17H27N3O. The summed E-state index contributed by atoms with van der Waals surface area (Å²) in [5.41, 5.74) is 6.73. The Kier molecular flexibility index (Phi) is 5.62. The summed E-state index contributed by atoms with van der Waals surface area (Å²) in [5.74, 6) is 0.152. The third kappa shape index (κ3) is 3.76. The number of benzene rings is 1. The summed E-state index contributed by atoms with van der Waals surface area (Å²) in [5, 5.41) is 3.06. The van der Waals surface area contributed by atoms with Crippen molar-refractivity contribution in [3.05, 3.63) is 30.3 Å². The highest BCUT2D eigenvalue weighted by molar-refractivity contribution is 5.83. The molecule has 1 amide bonds. The fraction of sp³-hybridized carbons (Fsp3) is 0.588. The first-order chi connectivity index (χ1) is 10.2. The molecule has 4 heteroatoms. The number of carbonyl (C=O) groups excluding carboxylic acids is 1. The molecule has 1 aromatic carbocycles. The Morgan fingerprint density at radius 3 is 2.57 bits per heavy atom. The van der Waals surface area contributed by atoms with Gasteiger partial charge in [0.05, 0.1) is 5.41 Å². The van der Waals surface area contributed by atoms with Gasteiger partial charge >= 0.3 is 0 Å². The zero-order valence-corrected chi connectivity index (χ0v) is 13.0. The molecule has 0 bridgehead atoms. The van der Waals surface area contributed by atoms with E-state index in [-0.39, 0.29) is 11.3 Å². The largest absolute Gasteiger partial charge is 0.372 e. The molecule has 1 fully saturated rings. The smallest absolute Gasteiger partial charge is 0.227 e. The molecular weight excluding hydrogens is 262 g/mol. The molecule has 1 aromatic rings. The Balaban J connectivity index is 1.72. The van der Waals surface area contributed by atoms with Gasteiger partial charge in [-0.3, -0.25) is 4.79 Å². The van der Waals surface area contributed by atoms with Crippen LogP contribution in [0.5, 0.6) is 0 Å². The highest BCUT2D eigenvalue weighted by Gasteiger charge is 2.42. The Hall–Kier alpha value is -1.55. The van der Waals surface area contributed by atoms with Crippen molar-refractivity contribution in [3.63, 3.8) is 0 Å². The minimum atomic E-state index is -0.260. The molecule has 0 spiro atoms. The van der Waals surface area contributed by atoms with Gasteiger partial charge in [0.25, 0.3) is 0 Å². The summed E-state index contributed by atoms with van der Waals surface area (Å²) in [4.78, 5) is 14.5. The van der Waals surface area contributed by atoms with E-state index in [0.29, 0.717) is 6.54 Å². The second-order valence-corrected chi connectivity index (χ2v) is 5.86. The molecule has 0 saturated heterocycles. The molecule has 2 rings (SSSR count). The number of nitrogens with one attached hydrogen (secondary N) is 1. The Labute approximate surface area is 127 Å². The lowest BCUT2D eigenvalue weighted by atomic mass is 9.68. The molecule has 0 aliphatic heterocycles. The van der Waals surface area contributed by atoms with Crippen LogP contribution in [0.25, 0.3) is 0 Å². The maximum absolute atomic E-state index is 12.2. The fourth-order valence-corrected chi connectivity index (χ4v) is 2.90. The van der Waals surface area contributed by atoms with E-state index in [0.717, 1.165) is 45.3 Å². The number of nitrogens with two attached hydrogens (primary N) is 1. The minimum absolute atomic E-state index is 0.152. The Morgan fingerprint density at radius 2 is 2.05 bits per heavy atom. The molecule has 1 aliphatic carbocycles. The summed E-state index contributed by atoms with van der Waals surface area (Å²) in [6, 6.07) is 10.4. The maximum Gasteiger partial charge on any atom is 0.227 e. The van der Waals surface area contributed by atoms with Crippen LogP contribution in [-0.2, 0) is 4.79 Å². The van der Waals surface area contributed by atoms with Crippen molar-refractivity contribution >= 4 is 11.6 Å². The predicted octanol–water partition coefficient (Wildman–Crippen LogP) is 2.15. The lowest BCUT2D eigenvalue weighted by molar-refractivity contribution is -0.135. The topological polar surface area (TPSA) is 58.4 Å². The number of carbonyl (C=O) groups is 1. The normalized spacial score (nSPS) is 16.1. The molecule has 0 atom stereocenters. The van der Waals surface area contributed by atoms with Crippen LogP contribution in [0.4, 0.5) is 5.69 Å². The SMILES string of the molecule is CCN(CCCNC(=O)C1(CN)CCC1)c1ccccc1. The molecule has 0 heterocycles. The van der Waals surface area contributed by atoms with Gasteiger partial charge in [-0.2, -0.15) is 0 Å². The van der Waals surface area contributed by atoms with Gasteiger partial charge in [0, 0.05) is 31.9 Å². The van der Waals surface area contributed by atoms with E-state index in [4.69, 9.17) is 5.73 Å². The Morgan fingerprint density at radius 1 is 1.33 bits per heavy atom. The van der Waals surface area contributed by atoms with E-state index >= 15 is 0 Å². The third-order valence-electron chi connectivity index (χ3n) is 4.58. The van der Waals surface area contributed by atoms with Crippen molar-refractivity contribution in [2.45, 2.75) is 32.6 Å². The molecule has 0 radical (unpaired) electrons. The van der Waals surface area contributed by atoms with Gasteiger partial charge in [0.2, 0.25) is 5.91 Å². The highest BCUT2D eigenvalue weighted by atomic mass is 16.2. The monoisotopic (exact) mass is 289 g/mol. The number of nitrogens with zero attached hydrogens (tertiary/aromatic N) is 1. The number of hydrogen-bond acceptors (Lipinski definition) is 3. The standard InChI is InChI=1S/C17H27N3O/c1-2-20(15-8-4-3-5-9-15)13-7-12-19-16(21)17(14-18)10-6-11-17/h3-5,8-9H,2,6-7,10-14,18H2,1H3,(H,19,21). The predicted molar refractivity (Wildman–Crippen MR) is 87.3 cm³/mol. The van der Waals surface area contributed by atoms with Crippen LogP contribution < -0.4 is 16.0 Å². The van der Waals surface area contributed by atoms with Gasteiger partial charge in [-0.1, -0.05) is 24.6 Å². The van der Waals surface area contributed by atoms with Gasteiger partial charge in [0.15, 0.2) is 0 Å². The number of anilines is 1. The van der Waals surface area contributed by atoms with Gasteiger partial charge in [-0.15, -0.1) is 0 Å². The van der Waals surface area contributed by atoms with E-state index in [1.54, 1.807) is 0 Å². The van der Waals surface area contributed by atoms with Crippen LogP contribution in [0, 0.1) is 5.41 Å². The van der Waals surface area contributed by atoms with Crippen molar-refractivity contribution in [1.29, 1.82) is 0 Å². The van der Waals surface area contributed by atoms with E-state index in [9.17, 15) is 4.79 Å². The van der Waals surface area contributed by atoms with Gasteiger partial charge in [-0.25, -0.2) is 0 Å². The molecule has 1 saturated carbocycles. The first kappa shape index (κ1) is 15.8. The van der Waals surface area contributed by atoms with Crippen molar-refractivity contribution < 1.29 is 4.79 Å². The number of hydrogen-bond donors (Lipinski definition) is 2. The molecule has 3 N–H and O–H groups in total. The molecule has 0 aromatic heterocycles. The Bertz CT molecular complexity index is 437. The second kappa shape index (κ2) is 7.46. The van der Waals surface area contributed by atoms with Crippen LogP contribution in [0.1, 0.15) is 32.6 Å². The molecule has 1 aliphatic rings. The second-order valence-electron chi connectivity index (χ2n) is 5.86. The minimum Gasteiger partial charge on any atom is -0.372 e. The summed E-state index contributed by atoms with van der Waals surface area (Å²) < 4.78 is 0. The third-order valence-corrected chi connectivity index (χ3v) is 4.58. The zero-order chi connectivity index (χ0) is 15.1. The number of para-hydroxylation sites is 1. The molecule has 116 valence electrons. The van der Waals surface area contributed by atoms with Crippen molar-refractivity contribution in [3.8, 4) is 0 Å². The lowest BCUT2D eigenvalue weighted by Crippen LogP contribution is -2.50. The van der Waals surface area contributed by atoms with E-state index < -0.39 is 0 Å². The van der Waals surface area contributed by atoms with E-state index in [1.165, 1.54) is 5.69 Å². The average molecular weight is 289 g/mol. The number of amides is 1. The molecule has 21 heavy (non-hydrogen) atoms. The van der Waals surface area contributed by atoms with Gasteiger partial charge in [0.1, 0.15) is 0 Å². The van der Waals surface area contributed by atoms with E-state index in [2.05, 4.69) is 41.4 Å². The van der Waals surface area contributed by atoms with Crippen LogP contribution in [0.3, 0.4) is 0 Å². The molecule has 0 unspecified atom stereocenters.